The van der Waals surface area contributed by atoms with Gasteiger partial charge in [-0.15, -0.1) is 0 Å². The van der Waals surface area contributed by atoms with E-state index in [-0.39, 0.29) is 6.42 Å². The summed E-state index contributed by atoms with van der Waals surface area (Å²) in [6.07, 6.45) is 0.876. The molecule has 0 aliphatic rings. The quantitative estimate of drug-likeness (QED) is 0.797. The van der Waals surface area contributed by atoms with Crippen LogP contribution in [-0.2, 0) is 11.3 Å². The number of aromatic nitrogens is 1. The summed E-state index contributed by atoms with van der Waals surface area (Å²) >= 11 is 0. The van der Waals surface area contributed by atoms with Gasteiger partial charge in [0.25, 0.3) is 0 Å². The minimum atomic E-state index is -0.745. The Bertz CT molecular complexity index is 341. The van der Waals surface area contributed by atoms with Gasteiger partial charge in [-0.3, -0.25) is 4.79 Å². The highest BCUT2D eigenvalue weighted by Gasteiger charge is 2.11. The summed E-state index contributed by atoms with van der Waals surface area (Å²) in [4.78, 5) is 12.4. The van der Waals surface area contributed by atoms with Gasteiger partial charge in [0.15, 0.2) is 0 Å². The van der Waals surface area contributed by atoms with Crippen molar-refractivity contribution in [1.29, 1.82) is 0 Å². The van der Waals surface area contributed by atoms with Crippen LogP contribution < -0.4 is 0 Å². The Kier molecular flexibility index (Phi) is 4.49. The van der Waals surface area contributed by atoms with E-state index in [2.05, 4.69) is 10.1 Å². The highest BCUT2D eigenvalue weighted by molar-refractivity contribution is 5.66. The van der Waals surface area contributed by atoms with Crippen molar-refractivity contribution >= 4 is 5.97 Å². The molecule has 0 amide bonds. The Morgan fingerprint density at radius 1 is 1.50 bits per heavy atom. The zero-order valence-electron chi connectivity index (χ0n) is 9.99. The van der Waals surface area contributed by atoms with Crippen LogP contribution in [0.3, 0.4) is 0 Å². The fraction of sp³-hybridized carbons (Fsp3) is 0.636. The van der Waals surface area contributed by atoms with Crippen LogP contribution in [0.4, 0.5) is 0 Å². The summed E-state index contributed by atoms with van der Waals surface area (Å²) in [5.41, 5.74) is 2.00. The number of hydrogen-bond donors (Lipinski definition) is 1. The van der Waals surface area contributed by atoms with Crippen molar-refractivity contribution in [2.45, 2.75) is 33.2 Å². The molecule has 1 N–H and O–H groups in total. The number of carbonyl (C=O) groups is 1. The molecule has 5 heteroatoms. The molecule has 1 aromatic rings. The Hall–Kier alpha value is -1.36. The second-order valence-electron chi connectivity index (χ2n) is 4.04. The van der Waals surface area contributed by atoms with Crippen LogP contribution in [0.2, 0.25) is 0 Å². The average Bonchev–Trinajstić information content (AvgIpc) is 2.49. The number of nitrogens with zero attached hydrogens (tertiary/aromatic N) is 2. The number of rotatable bonds is 6. The van der Waals surface area contributed by atoms with E-state index in [4.69, 9.17) is 9.63 Å². The second kappa shape index (κ2) is 5.65. The molecule has 16 heavy (non-hydrogen) atoms. The number of carboxylic acids is 1. The number of aliphatic carboxylic acids is 1. The standard InChI is InChI=1S/C11H18N2O3/c1-8-10(9(2)16-12-8)7-13(3)6-4-5-11(14)15/h4-7H2,1-3H3,(H,14,15). The lowest BCUT2D eigenvalue weighted by Crippen LogP contribution is -2.20. The maximum absolute atomic E-state index is 10.4. The summed E-state index contributed by atoms with van der Waals surface area (Å²) in [6.45, 7) is 5.31. The van der Waals surface area contributed by atoms with Crippen molar-refractivity contribution in [3.63, 3.8) is 0 Å². The predicted octanol–water partition coefficient (Wildman–Crippen LogP) is 1.59. The van der Waals surface area contributed by atoms with Crippen molar-refractivity contribution in [3.8, 4) is 0 Å². The molecule has 0 aromatic carbocycles. The van der Waals surface area contributed by atoms with Crippen LogP contribution in [0.15, 0.2) is 4.52 Å². The summed E-state index contributed by atoms with van der Waals surface area (Å²) < 4.78 is 5.07. The molecule has 1 aromatic heterocycles. The first-order valence-electron chi connectivity index (χ1n) is 5.32. The summed E-state index contributed by atoms with van der Waals surface area (Å²) in [6, 6.07) is 0. The van der Waals surface area contributed by atoms with Crippen LogP contribution >= 0.6 is 0 Å². The largest absolute Gasteiger partial charge is 0.481 e. The smallest absolute Gasteiger partial charge is 0.303 e. The molecule has 0 atom stereocenters. The van der Waals surface area contributed by atoms with Gasteiger partial charge in [0, 0.05) is 18.5 Å². The Morgan fingerprint density at radius 3 is 2.69 bits per heavy atom. The first-order chi connectivity index (χ1) is 7.50. The van der Waals surface area contributed by atoms with E-state index in [9.17, 15) is 4.79 Å². The van der Waals surface area contributed by atoms with E-state index in [1.54, 1.807) is 0 Å². The molecule has 0 spiro atoms. The number of aryl methyl sites for hydroxylation is 2. The molecule has 0 saturated heterocycles. The van der Waals surface area contributed by atoms with E-state index in [1.165, 1.54) is 0 Å². The molecular weight excluding hydrogens is 208 g/mol. The zero-order valence-corrected chi connectivity index (χ0v) is 9.99. The third-order valence-corrected chi connectivity index (χ3v) is 2.54. The minimum Gasteiger partial charge on any atom is -0.481 e. The van der Waals surface area contributed by atoms with Crippen LogP contribution in [0.1, 0.15) is 29.9 Å². The molecule has 0 radical (unpaired) electrons. The van der Waals surface area contributed by atoms with Gasteiger partial charge in [-0.25, -0.2) is 0 Å². The van der Waals surface area contributed by atoms with Gasteiger partial charge in [-0.2, -0.15) is 0 Å². The minimum absolute atomic E-state index is 0.214. The maximum atomic E-state index is 10.4. The molecule has 0 saturated carbocycles. The first-order valence-corrected chi connectivity index (χ1v) is 5.32. The maximum Gasteiger partial charge on any atom is 0.303 e. The van der Waals surface area contributed by atoms with Gasteiger partial charge < -0.3 is 14.5 Å². The Balaban J connectivity index is 2.39. The van der Waals surface area contributed by atoms with Gasteiger partial charge >= 0.3 is 5.97 Å². The van der Waals surface area contributed by atoms with Gasteiger partial charge in [-0.1, -0.05) is 5.16 Å². The summed E-state index contributed by atoms with van der Waals surface area (Å²) in [5, 5.41) is 12.4. The molecule has 0 aliphatic heterocycles. The van der Waals surface area contributed by atoms with E-state index < -0.39 is 5.97 Å². The van der Waals surface area contributed by atoms with Crippen molar-refractivity contribution in [2.75, 3.05) is 13.6 Å². The van der Waals surface area contributed by atoms with Gasteiger partial charge in [0.05, 0.1) is 5.69 Å². The molecule has 0 unspecified atom stereocenters. The first kappa shape index (κ1) is 12.7. The fourth-order valence-corrected chi connectivity index (χ4v) is 1.58. The number of hydrogen-bond acceptors (Lipinski definition) is 4. The van der Waals surface area contributed by atoms with Crippen LogP contribution in [0.5, 0.6) is 0 Å². The van der Waals surface area contributed by atoms with Crippen LogP contribution in [-0.4, -0.2) is 34.7 Å². The van der Waals surface area contributed by atoms with Crippen molar-refractivity contribution < 1.29 is 14.4 Å². The SMILES string of the molecule is Cc1noc(C)c1CN(C)CCCC(=O)O. The lowest BCUT2D eigenvalue weighted by molar-refractivity contribution is -0.137. The topological polar surface area (TPSA) is 66.6 Å². The molecule has 1 rings (SSSR count). The molecule has 0 aliphatic carbocycles. The molecular formula is C11H18N2O3. The normalized spacial score (nSPS) is 11.0. The lowest BCUT2D eigenvalue weighted by Gasteiger charge is -2.15. The van der Waals surface area contributed by atoms with E-state index in [0.717, 1.165) is 30.1 Å². The lowest BCUT2D eigenvalue weighted by atomic mass is 10.2. The van der Waals surface area contributed by atoms with Gasteiger partial charge in [0.1, 0.15) is 5.76 Å². The monoisotopic (exact) mass is 226 g/mol. The summed E-state index contributed by atoms with van der Waals surface area (Å²) in [7, 11) is 1.97. The van der Waals surface area contributed by atoms with E-state index in [1.807, 2.05) is 20.9 Å². The molecule has 0 fully saturated rings. The van der Waals surface area contributed by atoms with Crippen molar-refractivity contribution in [3.05, 3.63) is 17.0 Å². The number of carboxylic acid groups (broad SMARTS) is 1. The molecule has 0 bridgehead atoms. The highest BCUT2D eigenvalue weighted by Crippen LogP contribution is 2.14. The molecule has 1 heterocycles. The van der Waals surface area contributed by atoms with E-state index >= 15 is 0 Å². The predicted molar refractivity (Wildman–Crippen MR) is 59.2 cm³/mol. The highest BCUT2D eigenvalue weighted by atomic mass is 16.5. The zero-order chi connectivity index (χ0) is 12.1. The fourth-order valence-electron chi connectivity index (χ4n) is 1.58. The second-order valence-corrected chi connectivity index (χ2v) is 4.04. The van der Waals surface area contributed by atoms with Gasteiger partial charge in [0.2, 0.25) is 0 Å². The van der Waals surface area contributed by atoms with Crippen molar-refractivity contribution in [1.82, 2.24) is 10.1 Å². The van der Waals surface area contributed by atoms with Crippen LogP contribution in [0, 0.1) is 13.8 Å². The van der Waals surface area contributed by atoms with Crippen LogP contribution in [0.25, 0.3) is 0 Å². The van der Waals surface area contributed by atoms with E-state index in [0.29, 0.717) is 6.42 Å². The molecule has 5 nitrogen and oxygen atoms in total. The Morgan fingerprint density at radius 2 is 2.19 bits per heavy atom. The summed E-state index contributed by atoms with van der Waals surface area (Å²) in [5.74, 6) is 0.0910. The Labute approximate surface area is 95.0 Å². The average molecular weight is 226 g/mol. The molecule has 90 valence electrons. The van der Waals surface area contributed by atoms with Gasteiger partial charge in [-0.05, 0) is 33.9 Å². The van der Waals surface area contributed by atoms with Crippen molar-refractivity contribution in [2.24, 2.45) is 0 Å². The third-order valence-electron chi connectivity index (χ3n) is 2.54. The third kappa shape index (κ3) is 3.66.